The predicted molar refractivity (Wildman–Crippen MR) is 65.1 cm³/mol. The molecular formula is C10H18N2OS. The Morgan fingerprint density at radius 1 is 1.43 bits per heavy atom. The van der Waals surface area contributed by atoms with Gasteiger partial charge in [-0.3, -0.25) is 0 Å². The van der Waals surface area contributed by atoms with Gasteiger partial charge in [-0.05, 0) is 37.4 Å². The number of amides is 2. The number of thioether (sulfide) groups is 1. The monoisotopic (exact) mass is 214 g/mol. The summed E-state index contributed by atoms with van der Waals surface area (Å²) in [6.45, 7) is 2.52. The summed E-state index contributed by atoms with van der Waals surface area (Å²) < 4.78 is 0. The second-order valence-electron chi connectivity index (χ2n) is 2.71. The lowest BCUT2D eigenvalue weighted by molar-refractivity contribution is 0.252. The summed E-state index contributed by atoms with van der Waals surface area (Å²) >= 11 is 1.68. The van der Waals surface area contributed by atoms with E-state index in [2.05, 4.69) is 10.6 Å². The minimum atomic E-state index is -0.163. The number of hydrogen-bond acceptors (Lipinski definition) is 2. The Morgan fingerprint density at radius 3 is 2.57 bits per heavy atom. The molecular weight excluding hydrogens is 196 g/mol. The molecule has 0 radical (unpaired) electrons. The molecule has 0 saturated carbocycles. The van der Waals surface area contributed by atoms with E-state index >= 15 is 0 Å². The Labute approximate surface area is 91.2 Å². The molecule has 14 heavy (non-hydrogen) atoms. The van der Waals surface area contributed by atoms with Gasteiger partial charge in [0.05, 0.1) is 0 Å². The molecule has 0 bridgehead atoms. The highest BCUT2D eigenvalue weighted by atomic mass is 32.2. The van der Waals surface area contributed by atoms with Crippen molar-refractivity contribution < 1.29 is 7.65 Å². The molecule has 1 aromatic carbocycles. The van der Waals surface area contributed by atoms with Crippen LogP contribution in [0.25, 0.3) is 0 Å². The minimum absolute atomic E-state index is 0. The fraction of sp³-hybridized carbons (Fsp3) is 0.300. The SMILES string of the molecule is CCNC(=O)Nc1ccc(SC)cc1.[HH].[HH]. The van der Waals surface area contributed by atoms with Gasteiger partial charge in [-0.25, -0.2) is 4.79 Å². The van der Waals surface area contributed by atoms with Crippen LogP contribution in [0.15, 0.2) is 29.2 Å². The lowest BCUT2D eigenvalue weighted by Gasteiger charge is -2.05. The number of rotatable bonds is 3. The molecule has 0 saturated heterocycles. The number of nitrogens with one attached hydrogen (secondary N) is 2. The van der Waals surface area contributed by atoms with Gasteiger partial charge in [-0.1, -0.05) is 0 Å². The zero-order valence-corrected chi connectivity index (χ0v) is 9.15. The van der Waals surface area contributed by atoms with E-state index in [1.165, 1.54) is 4.90 Å². The summed E-state index contributed by atoms with van der Waals surface area (Å²) in [4.78, 5) is 12.3. The van der Waals surface area contributed by atoms with Crippen LogP contribution in [0.3, 0.4) is 0 Å². The molecule has 0 spiro atoms. The van der Waals surface area contributed by atoms with Crippen molar-refractivity contribution in [1.29, 1.82) is 0 Å². The third-order valence-corrected chi connectivity index (χ3v) is 2.43. The first-order valence-electron chi connectivity index (χ1n) is 4.45. The molecule has 0 atom stereocenters. The smallest absolute Gasteiger partial charge is 0.319 e. The lowest BCUT2D eigenvalue weighted by atomic mass is 10.3. The quantitative estimate of drug-likeness (QED) is 0.759. The molecule has 0 aliphatic carbocycles. The molecule has 0 aliphatic heterocycles. The third kappa shape index (κ3) is 3.30. The highest BCUT2D eigenvalue weighted by Crippen LogP contribution is 2.17. The van der Waals surface area contributed by atoms with E-state index in [0.717, 1.165) is 5.69 Å². The molecule has 0 aliphatic rings. The van der Waals surface area contributed by atoms with Gasteiger partial charge in [0.1, 0.15) is 0 Å². The zero-order valence-electron chi connectivity index (χ0n) is 8.33. The summed E-state index contributed by atoms with van der Waals surface area (Å²) in [6, 6.07) is 7.57. The molecule has 0 heterocycles. The molecule has 0 unspecified atom stereocenters. The number of carbonyl (C=O) groups excluding carboxylic acids is 1. The average Bonchev–Trinajstić information content (AvgIpc) is 2.19. The third-order valence-electron chi connectivity index (χ3n) is 1.69. The largest absolute Gasteiger partial charge is 0.338 e. The topological polar surface area (TPSA) is 41.1 Å². The van der Waals surface area contributed by atoms with Gasteiger partial charge in [-0.2, -0.15) is 0 Å². The van der Waals surface area contributed by atoms with Crippen LogP contribution < -0.4 is 10.6 Å². The second-order valence-corrected chi connectivity index (χ2v) is 3.59. The number of carbonyl (C=O) groups is 1. The predicted octanol–water partition coefficient (Wildman–Crippen LogP) is 3.04. The summed E-state index contributed by atoms with van der Waals surface area (Å²) in [7, 11) is 0. The number of benzene rings is 1. The summed E-state index contributed by atoms with van der Waals surface area (Å²) in [5.41, 5.74) is 0.814. The van der Waals surface area contributed by atoms with Crippen molar-refractivity contribution in [2.24, 2.45) is 0 Å². The van der Waals surface area contributed by atoms with Crippen LogP contribution in [0, 0.1) is 0 Å². The van der Waals surface area contributed by atoms with Gasteiger partial charge in [0, 0.05) is 20.0 Å². The van der Waals surface area contributed by atoms with Crippen molar-refractivity contribution in [3.8, 4) is 0 Å². The summed E-state index contributed by atoms with van der Waals surface area (Å²) in [5.74, 6) is 0. The first kappa shape index (κ1) is 10.9. The van der Waals surface area contributed by atoms with E-state index in [1.807, 2.05) is 37.4 Å². The standard InChI is InChI=1S/C10H14N2OS.2H2/c1-3-11-10(13)12-8-4-6-9(14-2)7-5-8;;/h4-7H,3H2,1-2H3,(H2,11,12,13);2*1H. The van der Waals surface area contributed by atoms with Crippen LogP contribution in [0.2, 0.25) is 0 Å². The van der Waals surface area contributed by atoms with Crippen LogP contribution in [-0.4, -0.2) is 18.8 Å². The van der Waals surface area contributed by atoms with Crippen molar-refractivity contribution in [1.82, 2.24) is 5.32 Å². The average molecular weight is 214 g/mol. The summed E-state index contributed by atoms with van der Waals surface area (Å²) in [6.07, 6.45) is 2.02. The normalized spacial score (nSPS) is 9.57. The highest BCUT2D eigenvalue weighted by Gasteiger charge is 1.98. The molecule has 0 fully saturated rings. The van der Waals surface area contributed by atoms with E-state index in [-0.39, 0.29) is 8.88 Å². The van der Waals surface area contributed by atoms with Gasteiger partial charge in [0.25, 0.3) is 0 Å². The number of hydrogen-bond donors (Lipinski definition) is 2. The summed E-state index contributed by atoms with van der Waals surface area (Å²) in [5, 5.41) is 5.40. The van der Waals surface area contributed by atoms with E-state index in [9.17, 15) is 4.79 Å². The minimum Gasteiger partial charge on any atom is -0.338 e. The van der Waals surface area contributed by atoms with Crippen LogP contribution in [0.1, 0.15) is 9.78 Å². The molecule has 0 aromatic heterocycles. The van der Waals surface area contributed by atoms with Gasteiger partial charge in [0.15, 0.2) is 0 Å². The van der Waals surface area contributed by atoms with Crippen LogP contribution in [-0.2, 0) is 0 Å². The Kier molecular flexibility index (Phi) is 4.32. The molecule has 80 valence electrons. The molecule has 1 aromatic rings. The number of urea groups is 1. The maximum atomic E-state index is 11.1. The van der Waals surface area contributed by atoms with E-state index in [0.29, 0.717) is 6.54 Å². The Morgan fingerprint density at radius 2 is 2.07 bits per heavy atom. The zero-order chi connectivity index (χ0) is 10.4. The maximum Gasteiger partial charge on any atom is 0.319 e. The second kappa shape index (κ2) is 5.54. The molecule has 2 N–H and O–H groups in total. The van der Waals surface area contributed by atoms with Crippen LogP contribution in [0.4, 0.5) is 10.5 Å². The molecule has 3 nitrogen and oxygen atoms in total. The van der Waals surface area contributed by atoms with Crippen LogP contribution >= 0.6 is 11.8 Å². The van der Waals surface area contributed by atoms with Gasteiger partial charge in [-0.15, -0.1) is 11.8 Å². The molecule has 4 heteroatoms. The lowest BCUT2D eigenvalue weighted by Crippen LogP contribution is -2.28. The van der Waals surface area contributed by atoms with Crippen molar-refractivity contribution in [3.05, 3.63) is 24.3 Å². The Balaban J connectivity index is 0. The Bertz CT molecular complexity index is 306. The first-order valence-corrected chi connectivity index (χ1v) is 5.67. The molecule has 2 amide bonds. The van der Waals surface area contributed by atoms with Crippen molar-refractivity contribution in [2.45, 2.75) is 11.8 Å². The van der Waals surface area contributed by atoms with Crippen molar-refractivity contribution in [3.63, 3.8) is 0 Å². The highest BCUT2D eigenvalue weighted by molar-refractivity contribution is 7.98. The van der Waals surface area contributed by atoms with Crippen LogP contribution in [0.5, 0.6) is 0 Å². The van der Waals surface area contributed by atoms with Crippen molar-refractivity contribution in [2.75, 3.05) is 18.1 Å². The maximum absolute atomic E-state index is 11.1. The first-order chi connectivity index (χ1) is 6.76. The fourth-order valence-electron chi connectivity index (χ4n) is 1.01. The fourth-order valence-corrected chi connectivity index (χ4v) is 1.42. The van der Waals surface area contributed by atoms with E-state index in [1.54, 1.807) is 11.8 Å². The van der Waals surface area contributed by atoms with Gasteiger partial charge < -0.3 is 10.6 Å². The Hall–Kier alpha value is -1.16. The number of anilines is 1. The van der Waals surface area contributed by atoms with Crippen molar-refractivity contribution >= 4 is 23.5 Å². The van der Waals surface area contributed by atoms with Gasteiger partial charge >= 0.3 is 6.03 Å². The van der Waals surface area contributed by atoms with E-state index < -0.39 is 0 Å². The molecule has 1 rings (SSSR count). The van der Waals surface area contributed by atoms with Gasteiger partial charge in [0.2, 0.25) is 0 Å². The van der Waals surface area contributed by atoms with E-state index in [4.69, 9.17) is 0 Å².